The van der Waals surface area contributed by atoms with E-state index < -0.39 is 18.0 Å². The maximum Gasteiger partial charge on any atom is 0.311 e. The summed E-state index contributed by atoms with van der Waals surface area (Å²) in [6.45, 7) is 2.92. The summed E-state index contributed by atoms with van der Waals surface area (Å²) in [5, 5.41) is 5.77. The lowest BCUT2D eigenvalue weighted by Crippen LogP contribution is -2.30. The van der Waals surface area contributed by atoms with Crippen LogP contribution in [0.5, 0.6) is 0 Å². The second-order valence-corrected chi connectivity index (χ2v) is 6.12. The van der Waals surface area contributed by atoms with Crippen LogP contribution in [0.1, 0.15) is 19.4 Å². The van der Waals surface area contributed by atoms with Gasteiger partial charge < -0.3 is 15.4 Å². The van der Waals surface area contributed by atoms with Gasteiger partial charge in [-0.25, -0.2) is 0 Å². The van der Waals surface area contributed by atoms with Crippen molar-refractivity contribution in [3.63, 3.8) is 0 Å². The lowest BCUT2D eigenvalue weighted by molar-refractivity contribution is -0.152. The summed E-state index contributed by atoms with van der Waals surface area (Å²) in [7, 11) is 0. The van der Waals surface area contributed by atoms with Crippen LogP contribution in [0.15, 0.2) is 48.5 Å². The maximum absolute atomic E-state index is 12.1. The first-order chi connectivity index (χ1) is 12.3. The molecule has 0 aliphatic rings. The van der Waals surface area contributed by atoms with Crippen molar-refractivity contribution >= 4 is 40.8 Å². The number of ether oxygens (including phenoxy) is 1. The van der Waals surface area contributed by atoms with Gasteiger partial charge in [0.2, 0.25) is 5.91 Å². The SMILES string of the molecule is CC(=O)Nc1ccc(CC(=O)O[C@H](C)C(=O)Nc2cccc(Cl)c2)cc1. The minimum Gasteiger partial charge on any atom is -0.452 e. The fourth-order valence-electron chi connectivity index (χ4n) is 2.18. The van der Waals surface area contributed by atoms with E-state index in [1.165, 1.54) is 13.8 Å². The van der Waals surface area contributed by atoms with Gasteiger partial charge in [-0.3, -0.25) is 14.4 Å². The molecular weight excluding hydrogens is 356 g/mol. The number of anilines is 2. The third-order valence-electron chi connectivity index (χ3n) is 3.39. The van der Waals surface area contributed by atoms with E-state index in [2.05, 4.69) is 10.6 Å². The van der Waals surface area contributed by atoms with E-state index in [1.54, 1.807) is 48.5 Å². The molecule has 0 spiro atoms. The van der Waals surface area contributed by atoms with Crippen LogP contribution in [-0.4, -0.2) is 23.9 Å². The molecule has 0 unspecified atom stereocenters. The highest BCUT2D eigenvalue weighted by molar-refractivity contribution is 6.30. The average molecular weight is 375 g/mol. The van der Waals surface area contributed by atoms with Crippen LogP contribution in [0.2, 0.25) is 5.02 Å². The fraction of sp³-hybridized carbons (Fsp3) is 0.211. The Morgan fingerprint density at radius 3 is 2.35 bits per heavy atom. The second-order valence-electron chi connectivity index (χ2n) is 5.69. The summed E-state index contributed by atoms with van der Waals surface area (Å²) in [4.78, 5) is 35.1. The Hall–Kier alpha value is -2.86. The number of halogens is 1. The molecule has 0 saturated carbocycles. The number of rotatable bonds is 6. The van der Waals surface area contributed by atoms with Crippen LogP contribution in [0, 0.1) is 0 Å². The summed E-state index contributed by atoms with van der Waals surface area (Å²) in [5.74, 6) is -1.13. The molecule has 0 bridgehead atoms. The molecule has 0 fully saturated rings. The van der Waals surface area contributed by atoms with Crippen molar-refractivity contribution in [2.75, 3.05) is 10.6 Å². The average Bonchev–Trinajstić information content (AvgIpc) is 2.56. The fourth-order valence-corrected chi connectivity index (χ4v) is 2.37. The normalized spacial score (nSPS) is 11.3. The van der Waals surface area contributed by atoms with Gasteiger partial charge >= 0.3 is 5.97 Å². The molecule has 2 N–H and O–H groups in total. The molecule has 7 heteroatoms. The molecule has 1 atom stereocenters. The van der Waals surface area contributed by atoms with E-state index in [0.717, 1.165) is 0 Å². The predicted molar refractivity (Wildman–Crippen MR) is 100 cm³/mol. The third kappa shape index (κ3) is 6.22. The molecule has 0 aliphatic carbocycles. The zero-order valence-electron chi connectivity index (χ0n) is 14.4. The standard InChI is InChI=1S/C19H19ClN2O4/c1-12(19(25)22-17-5-3-4-15(20)11-17)26-18(24)10-14-6-8-16(9-7-14)21-13(2)23/h3-9,11-12H,10H2,1-2H3,(H,21,23)(H,22,25)/t12-/m1/s1. The minimum absolute atomic E-state index is 0.0230. The summed E-state index contributed by atoms with van der Waals surface area (Å²) in [6, 6.07) is 13.5. The Balaban J connectivity index is 1.86. The van der Waals surface area contributed by atoms with Crippen LogP contribution >= 0.6 is 11.6 Å². The quantitative estimate of drug-likeness (QED) is 0.759. The summed E-state index contributed by atoms with van der Waals surface area (Å²) in [6.07, 6.45) is -0.921. The van der Waals surface area contributed by atoms with Gasteiger partial charge in [-0.05, 0) is 42.8 Å². The first-order valence-corrected chi connectivity index (χ1v) is 8.34. The van der Waals surface area contributed by atoms with Crippen molar-refractivity contribution in [2.45, 2.75) is 26.4 Å². The Labute approximate surface area is 156 Å². The van der Waals surface area contributed by atoms with Crippen LogP contribution in [0.4, 0.5) is 11.4 Å². The molecular formula is C19H19ClN2O4. The number of carbonyl (C=O) groups is 3. The van der Waals surface area contributed by atoms with E-state index in [4.69, 9.17) is 16.3 Å². The number of esters is 1. The Morgan fingerprint density at radius 1 is 1.04 bits per heavy atom. The van der Waals surface area contributed by atoms with E-state index in [-0.39, 0.29) is 12.3 Å². The minimum atomic E-state index is -0.944. The van der Waals surface area contributed by atoms with E-state index in [0.29, 0.717) is 22.0 Å². The van der Waals surface area contributed by atoms with Crippen molar-refractivity contribution in [1.29, 1.82) is 0 Å². The molecule has 0 saturated heterocycles. The molecule has 0 heterocycles. The maximum atomic E-state index is 12.1. The number of hydrogen-bond donors (Lipinski definition) is 2. The Morgan fingerprint density at radius 2 is 1.73 bits per heavy atom. The largest absolute Gasteiger partial charge is 0.452 e. The first-order valence-electron chi connectivity index (χ1n) is 7.96. The predicted octanol–water partition coefficient (Wildman–Crippen LogP) is 3.41. The topological polar surface area (TPSA) is 84.5 Å². The van der Waals surface area contributed by atoms with Crippen molar-refractivity contribution in [3.8, 4) is 0 Å². The van der Waals surface area contributed by atoms with Gasteiger partial charge in [0.25, 0.3) is 5.91 Å². The number of hydrogen-bond acceptors (Lipinski definition) is 4. The van der Waals surface area contributed by atoms with E-state index >= 15 is 0 Å². The monoisotopic (exact) mass is 374 g/mol. The lowest BCUT2D eigenvalue weighted by atomic mass is 10.1. The van der Waals surface area contributed by atoms with Crippen LogP contribution in [-0.2, 0) is 25.5 Å². The molecule has 6 nitrogen and oxygen atoms in total. The molecule has 2 aromatic rings. The highest BCUT2D eigenvalue weighted by Gasteiger charge is 2.18. The van der Waals surface area contributed by atoms with E-state index in [9.17, 15) is 14.4 Å². The van der Waals surface area contributed by atoms with Crippen LogP contribution in [0.3, 0.4) is 0 Å². The molecule has 136 valence electrons. The molecule has 2 aromatic carbocycles. The van der Waals surface area contributed by atoms with E-state index in [1.807, 2.05) is 0 Å². The van der Waals surface area contributed by atoms with Crippen molar-refractivity contribution < 1.29 is 19.1 Å². The Kier molecular flexibility index (Phi) is 6.74. The number of amides is 2. The van der Waals surface area contributed by atoms with Gasteiger partial charge in [0.1, 0.15) is 0 Å². The van der Waals surface area contributed by atoms with Gasteiger partial charge in [0.05, 0.1) is 6.42 Å². The summed E-state index contributed by atoms with van der Waals surface area (Å²) in [5.41, 5.74) is 1.88. The first kappa shape index (κ1) is 19.5. The van der Waals surface area contributed by atoms with Crippen LogP contribution < -0.4 is 10.6 Å². The third-order valence-corrected chi connectivity index (χ3v) is 3.63. The molecule has 26 heavy (non-hydrogen) atoms. The van der Waals surface area contributed by atoms with Gasteiger partial charge in [-0.1, -0.05) is 29.8 Å². The van der Waals surface area contributed by atoms with Crippen molar-refractivity contribution in [1.82, 2.24) is 0 Å². The van der Waals surface area contributed by atoms with Gasteiger partial charge in [0.15, 0.2) is 6.10 Å². The van der Waals surface area contributed by atoms with Gasteiger partial charge in [-0.15, -0.1) is 0 Å². The van der Waals surface area contributed by atoms with Crippen molar-refractivity contribution in [2.24, 2.45) is 0 Å². The van der Waals surface area contributed by atoms with Crippen LogP contribution in [0.25, 0.3) is 0 Å². The highest BCUT2D eigenvalue weighted by Crippen LogP contribution is 2.15. The second kappa shape index (κ2) is 9.01. The molecule has 2 rings (SSSR count). The number of benzene rings is 2. The summed E-state index contributed by atoms with van der Waals surface area (Å²) < 4.78 is 5.16. The number of nitrogens with one attached hydrogen (secondary N) is 2. The van der Waals surface area contributed by atoms with Gasteiger partial charge in [0, 0.05) is 23.3 Å². The summed E-state index contributed by atoms with van der Waals surface area (Å²) >= 11 is 5.86. The molecule has 2 amide bonds. The molecule has 0 aliphatic heterocycles. The highest BCUT2D eigenvalue weighted by atomic mass is 35.5. The zero-order valence-corrected chi connectivity index (χ0v) is 15.2. The van der Waals surface area contributed by atoms with Crippen molar-refractivity contribution in [3.05, 3.63) is 59.1 Å². The molecule has 0 aromatic heterocycles. The molecule has 0 radical (unpaired) electrons. The smallest absolute Gasteiger partial charge is 0.311 e. The Bertz CT molecular complexity index is 805. The lowest BCUT2D eigenvalue weighted by Gasteiger charge is -2.14. The number of carbonyl (C=O) groups excluding carboxylic acids is 3. The van der Waals surface area contributed by atoms with Gasteiger partial charge in [-0.2, -0.15) is 0 Å². The zero-order chi connectivity index (χ0) is 19.1.